The molecule has 0 aliphatic carbocycles. The third kappa shape index (κ3) is 5.56. The molecule has 1 unspecified atom stereocenters. The fourth-order valence-corrected chi connectivity index (χ4v) is 3.36. The first kappa shape index (κ1) is 22.6. The van der Waals surface area contributed by atoms with Gasteiger partial charge in [-0.15, -0.1) is 0 Å². The molecular weight excluding hydrogens is 426 g/mol. The molecule has 1 aliphatic heterocycles. The van der Waals surface area contributed by atoms with E-state index in [2.05, 4.69) is 5.32 Å². The van der Waals surface area contributed by atoms with Crippen LogP contribution in [0.5, 0.6) is 0 Å². The summed E-state index contributed by atoms with van der Waals surface area (Å²) in [7, 11) is 0. The number of nitrogens with zero attached hydrogens (tertiary/aromatic N) is 1. The number of halogens is 6. The van der Waals surface area contributed by atoms with Crippen LogP contribution in [0.1, 0.15) is 45.9 Å². The Morgan fingerprint density at radius 3 is 2.16 bits per heavy atom. The van der Waals surface area contributed by atoms with Gasteiger partial charge in [-0.1, -0.05) is 18.2 Å². The molecule has 166 valence electrons. The lowest BCUT2D eigenvalue weighted by molar-refractivity contribution is -0.138. The maximum Gasteiger partial charge on any atom is 0.416 e. The Bertz CT molecular complexity index is 971. The van der Waals surface area contributed by atoms with Crippen LogP contribution >= 0.6 is 0 Å². The summed E-state index contributed by atoms with van der Waals surface area (Å²) in [5.74, 6) is -1.09. The van der Waals surface area contributed by atoms with E-state index >= 15 is 0 Å². The summed E-state index contributed by atoms with van der Waals surface area (Å²) >= 11 is 0. The van der Waals surface area contributed by atoms with E-state index in [0.29, 0.717) is 19.0 Å². The van der Waals surface area contributed by atoms with E-state index in [1.54, 1.807) is 0 Å². The van der Waals surface area contributed by atoms with Crippen LogP contribution in [0.2, 0.25) is 0 Å². The molecule has 10 heteroatoms. The van der Waals surface area contributed by atoms with E-state index in [1.807, 2.05) is 0 Å². The number of amides is 2. The van der Waals surface area contributed by atoms with Crippen LogP contribution in [-0.4, -0.2) is 29.8 Å². The van der Waals surface area contributed by atoms with Gasteiger partial charge >= 0.3 is 12.4 Å². The monoisotopic (exact) mass is 444 g/mol. The van der Waals surface area contributed by atoms with Crippen molar-refractivity contribution in [1.82, 2.24) is 10.2 Å². The Kier molecular flexibility index (Phi) is 6.28. The van der Waals surface area contributed by atoms with Crippen molar-refractivity contribution < 1.29 is 35.9 Å². The first-order valence-corrected chi connectivity index (χ1v) is 9.38. The quantitative estimate of drug-likeness (QED) is 0.673. The molecule has 2 aromatic carbocycles. The van der Waals surface area contributed by atoms with Gasteiger partial charge in [0.25, 0.3) is 5.91 Å². The predicted molar refractivity (Wildman–Crippen MR) is 98.9 cm³/mol. The normalized spacial score (nSPS) is 15.8. The number of carbonyl (C=O) groups is 2. The molecule has 3 rings (SSSR count). The number of likely N-dealkylation sites (tertiary alicyclic amines) is 1. The average molecular weight is 444 g/mol. The van der Waals surface area contributed by atoms with Crippen molar-refractivity contribution in [2.45, 2.75) is 31.2 Å². The van der Waals surface area contributed by atoms with Gasteiger partial charge < -0.3 is 10.2 Å². The number of carbonyl (C=O) groups excluding carboxylic acids is 2. The summed E-state index contributed by atoms with van der Waals surface area (Å²) in [6.07, 6.45) is -8.40. The van der Waals surface area contributed by atoms with Crippen molar-refractivity contribution in [3.05, 3.63) is 70.8 Å². The number of benzene rings is 2. The molecule has 0 bridgehead atoms. The minimum absolute atomic E-state index is 0.0924. The van der Waals surface area contributed by atoms with Crippen LogP contribution in [0.4, 0.5) is 26.3 Å². The Labute approximate surface area is 173 Å². The molecule has 1 heterocycles. The van der Waals surface area contributed by atoms with E-state index in [-0.39, 0.29) is 30.0 Å². The van der Waals surface area contributed by atoms with Crippen LogP contribution in [0.25, 0.3) is 0 Å². The van der Waals surface area contributed by atoms with Crippen LogP contribution in [0.15, 0.2) is 48.5 Å². The lowest BCUT2D eigenvalue weighted by Crippen LogP contribution is -2.38. The average Bonchev–Trinajstić information content (AvgIpc) is 3.11. The molecule has 2 aromatic rings. The zero-order valence-electron chi connectivity index (χ0n) is 16.1. The fourth-order valence-electron chi connectivity index (χ4n) is 3.36. The summed E-state index contributed by atoms with van der Waals surface area (Å²) < 4.78 is 78.2. The Balaban J connectivity index is 1.90. The highest BCUT2D eigenvalue weighted by atomic mass is 19.4. The highest BCUT2D eigenvalue weighted by Crippen LogP contribution is 2.32. The SMILES string of the molecule is O=C(NC(CN1CCCC1=O)c1cccc(C(F)(F)F)c1)c1cccc(C(F)(F)F)c1. The van der Waals surface area contributed by atoms with Crippen molar-refractivity contribution in [2.75, 3.05) is 13.1 Å². The predicted octanol–water partition coefficient (Wildman–Crippen LogP) is 4.82. The summed E-state index contributed by atoms with van der Waals surface area (Å²) in [4.78, 5) is 26.0. The molecule has 1 N–H and O–H groups in total. The highest BCUT2D eigenvalue weighted by molar-refractivity contribution is 5.94. The molecule has 31 heavy (non-hydrogen) atoms. The summed E-state index contributed by atoms with van der Waals surface area (Å²) in [5, 5.41) is 2.49. The second-order valence-electron chi connectivity index (χ2n) is 7.17. The molecule has 1 saturated heterocycles. The lowest BCUT2D eigenvalue weighted by atomic mass is 10.0. The third-order valence-electron chi connectivity index (χ3n) is 4.95. The van der Waals surface area contributed by atoms with Crippen LogP contribution in [-0.2, 0) is 17.1 Å². The van der Waals surface area contributed by atoms with Gasteiger partial charge in [-0.05, 0) is 42.3 Å². The van der Waals surface area contributed by atoms with Gasteiger partial charge in [0, 0.05) is 25.1 Å². The van der Waals surface area contributed by atoms with E-state index in [9.17, 15) is 35.9 Å². The van der Waals surface area contributed by atoms with Crippen LogP contribution in [0.3, 0.4) is 0 Å². The van der Waals surface area contributed by atoms with Crippen molar-refractivity contribution in [1.29, 1.82) is 0 Å². The van der Waals surface area contributed by atoms with Crippen molar-refractivity contribution in [3.63, 3.8) is 0 Å². The molecular formula is C21H18F6N2O2. The first-order chi connectivity index (χ1) is 14.4. The largest absolute Gasteiger partial charge is 0.416 e. The van der Waals surface area contributed by atoms with E-state index in [4.69, 9.17) is 0 Å². The molecule has 1 aliphatic rings. The summed E-state index contributed by atoms with van der Waals surface area (Å²) in [6.45, 7) is 0.290. The fraction of sp³-hybridized carbons (Fsp3) is 0.333. The van der Waals surface area contributed by atoms with Gasteiger partial charge in [-0.25, -0.2) is 0 Å². The van der Waals surface area contributed by atoms with Crippen LogP contribution in [0, 0.1) is 0 Å². The minimum Gasteiger partial charge on any atom is -0.343 e. The number of hydrogen-bond donors (Lipinski definition) is 1. The molecule has 0 saturated carbocycles. The maximum absolute atomic E-state index is 13.1. The van der Waals surface area contributed by atoms with Gasteiger partial charge in [0.2, 0.25) is 5.91 Å². The Morgan fingerprint density at radius 2 is 1.58 bits per heavy atom. The maximum atomic E-state index is 13.1. The van der Waals surface area contributed by atoms with Gasteiger partial charge in [-0.3, -0.25) is 9.59 Å². The third-order valence-corrected chi connectivity index (χ3v) is 4.95. The summed E-state index contributed by atoms with van der Waals surface area (Å²) in [6, 6.07) is 6.96. The van der Waals surface area contributed by atoms with Gasteiger partial charge in [0.15, 0.2) is 0 Å². The molecule has 0 spiro atoms. The summed E-state index contributed by atoms with van der Waals surface area (Å²) in [5.41, 5.74) is -2.16. The molecule has 0 radical (unpaired) electrons. The topological polar surface area (TPSA) is 49.4 Å². The molecule has 0 aromatic heterocycles. The molecule has 4 nitrogen and oxygen atoms in total. The molecule has 1 atom stereocenters. The van der Waals surface area contributed by atoms with E-state index in [1.165, 1.54) is 23.1 Å². The standard InChI is InChI=1S/C21H18F6N2O2/c22-20(23,24)15-6-1-4-13(10-15)17(12-29-9-3-8-18(29)30)28-19(31)14-5-2-7-16(11-14)21(25,26)27/h1-2,4-7,10-11,17H,3,8-9,12H2,(H,28,31). The van der Waals surface area contributed by atoms with Gasteiger partial charge in [0.1, 0.15) is 0 Å². The van der Waals surface area contributed by atoms with Crippen molar-refractivity contribution >= 4 is 11.8 Å². The van der Waals surface area contributed by atoms with E-state index < -0.39 is 35.4 Å². The zero-order chi connectivity index (χ0) is 22.8. The zero-order valence-corrected chi connectivity index (χ0v) is 16.1. The molecule has 1 fully saturated rings. The van der Waals surface area contributed by atoms with Gasteiger partial charge in [-0.2, -0.15) is 26.3 Å². The van der Waals surface area contributed by atoms with Crippen molar-refractivity contribution in [2.24, 2.45) is 0 Å². The Morgan fingerprint density at radius 1 is 0.968 bits per heavy atom. The second-order valence-corrected chi connectivity index (χ2v) is 7.17. The highest BCUT2D eigenvalue weighted by Gasteiger charge is 2.33. The lowest BCUT2D eigenvalue weighted by Gasteiger charge is -2.26. The van der Waals surface area contributed by atoms with E-state index in [0.717, 1.165) is 24.3 Å². The first-order valence-electron chi connectivity index (χ1n) is 9.38. The number of rotatable bonds is 5. The number of hydrogen-bond acceptors (Lipinski definition) is 2. The second kappa shape index (κ2) is 8.60. The Hall–Kier alpha value is -3.04. The minimum atomic E-state index is -4.65. The number of alkyl halides is 6. The smallest absolute Gasteiger partial charge is 0.343 e. The van der Waals surface area contributed by atoms with Crippen molar-refractivity contribution in [3.8, 4) is 0 Å². The van der Waals surface area contributed by atoms with Crippen LogP contribution < -0.4 is 5.32 Å². The molecule has 2 amide bonds. The van der Waals surface area contributed by atoms with Gasteiger partial charge in [0.05, 0.1) is 17.2 Å². The number of nitrogens with one attached hydrogen (secondary N) is 1.